The first-order valence-electron chi connectivity index (χ1n) is 6.86. The van der Waals surface area contributed by atoms with E-state index in [0.717, 1.165) is 12.8 Å². The lowest BCUT2D eigenvalue weighted by atomic mass is 9.89. The van der Waals surface area contributed by atoms with Crippen molar-refractivity contribution in [3.05, 3.63) is 29.6 Å². The van der Waals surface area contributed by atoms with Gasteiger partial charge in [-0.1, -0.05) is 22.4 Å². The molecule has 5 heteroatoms. The van der Waals surface area contributed by atoms with Crippen molar-refractivity contribution >= 4 is 21.8 Å². The number of carbonyl (C=O) groups is 1. The van der Waals surface area contributed by atoms with Gasteiger partial charge >= 0.3 is 0 Å². The van der Waals surface area contributed by atoms with E-state index in [2.05, 4.69) is 21.2 Å². The zero-order valence-electron chi connectivity index (χ0n) is 11.5. The van der Waals surface area contributed by atoms with E-state index in [1.54, 1.807) is 6.07 Å². The van der Waals surface area contributed by atoms with Crippen molar-refractivity contribution in [1.82, 2.24) is 5.32 Å². The minimum absolute atomic E-state index is 0.0667. The number of methoxy groups -OCH3 is 1. The lowest BCUT2D eigenvalue weighted by Crippen LogP contribution is -2.32. The molecule has 1 saturated carbocycles. The maximum absolute atomic E-state index is 13.8. The Morgan fingerprint density at radius 3 is 2.95 bits per heavy atom. The van der Waals surface area contributed by atoms with Gasteiger partial charge in [-0.2, -0.15) is 0 Å². The Labute approximate surface area is 127 Å². The molecule has 0 spiro atoms. The predicted molar refractivity (Wildman–Crippen MR) is 80.0 cm³/mol. The molecule has 2 atom stereocenters. The normalized spacial score (nSPS) is 22.4. The number of ether oxygens (including phenoxy) is 1. The highest BCUT2D eigenvalue weighted by molar-refractivity contribution is 9.09. The summed E-state index contributed by atoms with van der Waals surface area (Å²) in [5.74, 6) is -0.0300. The number of alkyl halides is 1. The molecule has 1 aromatic carbocycles. The van der Waals surface area contributed by atoms with E-state index in [4.69, 9.17) is 4.74 Å². The van der Waals surface area contributed by atoms with E-state index in [1.165, 1.54) is 32.1 Å². The molecule has 1 fully saturated rings. The van der Waals surface area contributed by atoms with Crippen LogP contribution in [0.1, 0.15) is 36.0 Å². The zero-order chi connectivity index (χ0) is 14.5. The molecule has 1 aromatic rings. The number of rotatable bonds is 4. The number of benzene rings is 1. The molecule has 1 amide bonds. The molecule has 0 radical (unpaired) electrons. The standard InChI is InChI=1S/C15H19BrFNO2/c1-20-12-5-6-13(14(17)8-12)15(19)18-9-10-3-2-4-11(16)7-10/h5-6,8,10-11H,2-4,7,9H2,1H3,(H,18,19). The van der Waals surface area contributed by atoms with Gasteiger partial charge in [0.25, 0.3) is 5.91 Å². The first-order chi connectivity index (χ1) is 9.60. The van der Waals surface area contributed by atoms with Gasteiger partial charge in [-0.3, -0.25) is 4.79 Å². The highest BCUT2D eigenvalue weighted by atomic mass is 79.9. The third-order valence-electron chi connectivity index (χ3n) is 3.69. The number of nitrogens with one attached hydrogen (secondary N) is 1. The lowest BCUT2D eigenvalue weighted by molar-refractivity contribution is 0.0940. The zero-order valence-corrected chi connectivity index (χ0v) is 13.1. The van der Waals surface area contributed by atoms with Crippen LogP contribution in [0.15, 0.2) is 18.2 Å². The predicted octanol–water partition coefficient (Wildman–Crippen LogP) is 3.52. The molecule has 0 aromatic heterocycles. The Kier molecular flexibility index (Phi) is 5.40. The molecule has 2 rings (SSSR count). The van der Waals surface area contributed by atoms with E-state index < -0.39 is 5.82 Å². The number of hydrogen-bond acceptors (Lipinski definition) is 2. The molecule has 1 aliphatic rings. The van der Waals surface area contributed by atoms with Crippen molar-refractivity contribution < 1.29 is 13.9 Å². The summed E-state index contributed by atoms with van der Waals surface area (Å²) in [7, 11) is 1.47. The Bertz CT molecular complexity index is 481. The van der Waals surface area contributed by atoms with E-state index in [-0.39, 0.29) is 11.5 Å². The molecule has 110 valence electrons. The van der Waals surface area contributed by atoms with Crippen molar-refractivity contribution in [2.24, 2.45) is 5.92 Å². The van der Waals surface area contributed by atoms with Gasteiger partial charge in [-0.15, -0.1) is 0 Å². The fourth-order valence-corrected chi connectivity index (χ4v) is 3.40. The van der Waals surface area contributed by atoms with Crippen LogP contribution in [0, 0.1) is 11.7 Å². The highest BCUT2D eigenvalue weighted by Gasteiger charge is 2.21. The molecule has 20 heavy (non-hydrogen) atoms. The smallest absolute Gasteiger partial charge is 0.254 e. The fourth-order valence-electron chi connectivity index (χ4n) is 2.55. The molecule has 1 aliphatic carbocycles. The second-order valence-corrected chi connectivity index (χ2v) is 6.48. The molecular weight excluding hydrogens is 325 g/mol. The number of carbonyl (C=O) groups excluding carboxylic acids is 1. The molecule has 1 N–H and O–H groups in total. The SMILES string of the molecule is COc1ccc(C(=O)NCC2CCCC(Br)C2)c(F)c1. The molecular formula is C15H19BrFNO2. The van der Waals surface area contributed by atoms with Crippen LogP contribution in [0.5, 0.6) is 5.75 Å². The van der Waals surface area contributed by atoms with Crippen LogP contribution in [-0.2, 0) is 0 Å². The molecule has 2 unspecified atom stereocenters. The van der Waals surface area contributed by atoms with Gasteiger partial charge in [0.1, 0.15) is 11.6 Å². The van der Waals surface area contributed by atoms with Gasteiger partial charge in [-0.05, 0) is 37.3 Å². The van der Waals surface area contributed by atoms with Crippen LogP contribution in [0.25, 0.3) is 0 Å². The Morgan fingerprint density at radius 2 is 2.30 bits per heavy atom. The minimum atomic E-state index is -0.552. The number of hydrogen-bond donors (Lipinski definition) is 1. The quantitative estimate of drug-likeness (QED) is 0.849. The van der Waals surface area contributed by atoms with E-state index in [9.17, 15) is 9.18 Å². The van der Waals surface area contributed by atoms with E-state index in [0.29, 0.717) is 23.0 Å². The maximum atomic E-state index is 13.8. The Balaban J connectivity index is 1.91. The second kappa shape index (κ2) is 7.07. The van der Waals surface area contributed by atoms with Crippen LogP contribution in [0.2, 0.25) is 0 Å². The topological polar surface area (TPSA) is 38.3 Å². The van der Waals surface area contributed by atoms with E-state index >= 15 is 0 Å². The molecule has 0 heterocycles. The summed E-state index contributed by atoms with van der Waals surface area (Å²) in [5.41, 5.74) is 0.0667. The monoisotopic (exact) mass is 343 g/mol. The largest absolute Gasteiger partial charge is 0.497 e. The average molecular weight is 344 g/mol. The van der Waals surface area contributed by atoms with Gasteiger partial charge in [-0.25, -0.2) is 4.39 Å². The maximum Gasteiger partial charge on any atom is 0.254 e. The molecule has 0 bridgehead atoms. The van der Waals surface area contributed by atoms with Crippen molar-refractivity contribution in [2.75, 3.05) is 13.7 Å². The van der Waals surface area contributed by atoms with Crippen LogP contribution in [0.4, 0.5) is 4.39 Å². The number of amides is 1. The summed E-state index contributed by atoms with van der Waals surface area (Å²) in [6.07, 6.45) is 4.55. The Morgan fingerprint density at radius 1 is 1.50 bits per heavy atom. The summed E-state index contributed by atoms with van der Waals surface area (Å²) in [6, 6.07) is 4.27. The Hall–Kier alpha value is -1.10. The van der Waals surface area contributed by atoms with Gasteiger partial charge in [0.05, 0.1) is 12.7 Å². The van der Waals surface area contributed by atoms with Gasteiger partial charge in [0.2, 0.25) is 0 Å². The van der Waals surface area contributed by atoms with Crippen LogP contribution >= 0.6 is 15.9 Å². The lowest BCUT2D eigenvalue weighted by Gasteiger charge is -2.25. The van der Waals surface area contributed by atoms with E-state index in [1.807, 2.05) is 0 Å². The summed E-state index contributed by atoms with van der Waals surface area (Å²) in [4.78, 5) is 12.5. The van der Waals surface area contributed by atoms with Crippen molar-refractivity contribution in [2.45, 2.75) is 30.5 Å². The summed E-state index contributed by atoms with van der Waals surface area (Å²) in [6.45, 7) is 0.604. The third-order valence-corrected chi connectivity index (χ3v) is 4.52. The first-order valence-corrected chi connectivity index (χ1v) is 7.77. The highest BCUT2D eigenvalue weighted by Crippen LogP contribution is 2.28. The van der Waals surface area contributed by atoms with Crippen molar-refractivity contribution in [3.8, 4) is 5.75 Å². The average Bonchev–Trinajstić information content (AvgIpc) is 2.44. The minimum Gasteiger partial charge on any atom is -0.497 e. The van der Waals surface area contributed by atoms with Crippen molar-refractivity contribution in [1.29, 1.82) is 0 Å². The molecule has 3 nitrogen and oxygen atoms in total. The molecule has 0 saturated heterocycles. The van der Waals surface area contributed by atoms with Gasteiger partial charge in [0.15, 0.2) is 0 Å². The van der Waals surface area contributed by atoms with Crippen LogP contribution in [-0.4, -0.2) is 24.4 Å². The summed E-state index contributed by atoms with van der Waals surface area (Å²) in [5, 5.41) is 2.83. The second-order valence-electron chi connectivity index (χ2n) is 5.19. The van der Waals surface area contributed by atoms with Gasteiger partial charge in [0, 0.05) is 17.4 Å². The number of halogens is 2. The fraction of sp³-hybridized carbons (Fsp3) is 0.533. The molecule has 0 aliphatic heterocycles. The third kappa shape index (κ3) is 3.95. The van der Waals surface area contributed by atoms with Gasteiger partial charge < -0.3 is 10.1 Å². The van der Waals surface area contributed by atoms with Crippen molar-refractivity contribution in [3.63, 3.8) is 0 Å². The summed E-state index contributed by atoms with van der Waals surface area (Å²) < 4.78 is 18.7. The van der Waals surface area contributed by atoms with Crippen LogP contribution in [0.3, 0.4) is 0 Å². The van der Waals surface area contributed by atoms with Crippen LogP contribution < -0.4 is 10.1 Å². The first kappa shape index (κ1) is 15.3. The summed E-state index contributed by atoms with van der Waals surface area (Å²) >= 11 is 3.62.